The van der Waals surface area contributed by atoms with Crippen LogP contribution in [0.25, 0.3) is 32.9 Å². The van der Waals surface area contributed by atoms with Gasteiger partial charge in [0.05, 0.1) is 45.2 Å². The Morgan fingerprint density at radius 3 is 2.46 bits per heavy atom. The Balaban J connectivity index is 1.11. The van der Waals surface area contributed by atoms with Crippen LogP contribution in [0.3, 0.4) is 0 Å². The normalized spacial score (nSPS) is 14.4. The molecule has 48 heavy (non-hydrogen) atoms. The molecule has 4 heterocycles. The second-order valence-electron chi connectivity index (χ2n) is 12.0. The fourth-order valence-corrected chi connectivity index (χ4v) is 6.49. The van der Waals surface area contributed by atoms with Gasteiger partial charge in [-0.25, -0.2) is 15.0 Å². The molecule has 0 unspecified atom stereocenters. The number of aliphatic imine (C=N–C) groups is 3. The maximum atomic E-state index is 5.18. The Bertz CT molecular complexity index is 2390. The van der Waals surface area contributed by atoms with Crippen molar-refractivity contribution >= 4 is 50.3 Å². The lowest BCUT2D eigenvalue weighted by atomic mass is 9.96. The fraction of sp³-hybridized carbons (Fsp3) is 0.0930. The van der Waals surface area contributed by atoms with Crippen molar-refractivity contribution in [3.05, 3.63) is 168 Å². The number of nitrogens with zero attached hydrogens (tertiary/aromatic N) is 5. The van der Waals surface area contributed by atoms with Crippen LogP contribution in [0.1, 0.15) is 34.5 Å². The highest BCUT2D eigenvalue weighted by molar-refractivity contribution is 6.11. The van der Waals surface area contributed by atoms with Crippen molar-refractivity contribution in [1.29, 1.82) is 0 Å². The summed E-state index contributed by atoms with van der Waals surface area (Å²) in [6, 6.07) is 36.1. The van der Waals surface area contributed by atoms with Crippen LogP contribution < -0.4 is 0 Å². The maximum Gasteiger partial charge on any atom is 0.0969 e. The Morgan fingerprint density at radius 1 is 0.750 bits per heavy atom. The highest BCUT2D eigenvalue weighted by atomic mass is 14.9. The summed E-state index contributed by atoms with van der Waals surface area (Å²) in [4.78, 5) is 24.7. The van der Waals surface area contributed by atoms with E-state index < -0.39 is 0 Å². The van der Waals surface area contributed by atoms with Gasteiger partial charge in [0.1, 0.15) is 0 Å². The van der Waals surface area contributed by atoms with Gasteiger partial charge in [0, 0.05) is 23.5 Å². The molecule has 0 amide bonds. The third kappa shape index (κ3) is 5.60. The Kier molecular flexibility index (Phi) is 7.71. The van der Waals surface area contributed by atoms with Crippen LogP contribution in [0.4, 0.5) is 11.4 Å². The molecule has 2 aromatic heterocycles. The molecule has 230 valence electrons. The van der Waals surface area contributed by atoms with Crippen molar-refractivity contribution in [3.63, 3.8) is 0 Å². The summed E-state index contributed by atoms with van der Waals surface area (Å²) in [5, 5.41) is 2.17. The predicted molar refractivity (Wildman–Crippen MR) is 201 cm³/mol. The van der Waals surface area contributed by atoms with E-state index in [0.29, 0.717) is 0 Å². The maximum absolute atomic E-state index is 5.18. The summed E-state index contributed by atoms with van der Waals surface area (Å²) in [6.07, 6.45) is 12.5. The van der Waals surface area contributed by atoms with Gasteiger partial charge in [0.25, 0.3) is 0 Å². The zero-order valence-electron chi connectivity index (χ0n) is 26.8. The van der Waals surface area contributed by atoms with Crippen LogP contribution >= 0.6 is 0 Å². The number of aryl methyl sites for hydroxylation is 1. The molecule has 0 saturated carbocycles. The predicted octanol–water partition coefficient (Wildman–Crippen LogP) is 9.91. The summed E-state index contributed by atoms with van der Waals surface area (Å²) < 4.78 is 0. The Labute approximate surface area is 280 Å². The number of pyridine rings is 2. The summed E-state index contributed by atoms with van der Waals surface area (Å²) in [5.74, 6) is 0. The van der Waals surface area contributed by atoms with E-state index >= 15 is 0 Å². The zero-order chi connectivity index (χ0) is 32.5. The molecule has 5 heteroatoms. The molecule has 0 atom stereocenters. The number of rotatable bonds is 6. The molecule has 0 aliphatic carbocycles. The van der Waals surface area contributed by atoms with Gasteiger partial charge in [-0.1, -0.05) is 91.5 Å². The van der Waals surface area contributed by atoms with Crippen molar-refractivity contribution < 1.29 is 0 Å². The van der Waals surface area contributed by atoms with E-state index in [-0.39, 0.29) is 0 Å². The molecule has 0 spiro atoms. The quantitative estimate of drug-likeness (QED) is 0.138. The first-order valence-corrected chi connectivity index (χ1v) is 16.3. The second kappa shape index (κ2) is 12.6. The number of aromatic nitrogens is 2. The van der Waals surface area contributed by atoms with Gasteiger partial charge in [-0.15, -0.1) is 0 Å². The van der Waals surface area contributed by atoms with Gasteiger partial charge in [-0.2, -0.15) is 0 Å². The van der Waals surface area contributed by atoms with Gasteiger partial charge in [0.2, 0.25) is 0 Å². The van der Waals surface area contributed by atoms with Crippen LogP contribution in [-0.2, 0) is 12.8 Å². The van der Waals surface area contributed by atoms with E-state index in [1.165, 1.54) is 16.7 Å². The first-order valence-electron chi connectivity index (χ1n) is 16.3. The average molecular weight is 620 g/mol. The fourth-order valence-electron chi connectivity index (χ4n) is 6.49. The molecular formula is C43H33N5. The van der Waals surface area contributed by atoms with E-state index in [1.807, 2.05) is 24.3 Å². The van der Waals surface area contributed by atoms with Crippen molar-refractivity contribution in [2.45, 2.75) is 19.3 Å². The van der Waals surface area contributed by atoms with Crippen LogP contribution in [0, 0.1) is 0 Å². The molecular weight excluding hydrogens is 587 g/mol. The van der Waals surface area contributed by atoms with Crippen molar-refractivity contribution in [1.82, 2.24) is 9.97 Å². The van der Waals surface area contributed by atoms with Gasteiger partial charge in [-0.05, 0) is 95.6 Å². The van der Waals surface area contributed by atoms with E-state index in [9.17, 15) is 0 Å². The lowest BCUT2D eigenvalue weighted by Crippen LogP contribution is -2.08. The van der Waals surface area contributed by atoms with Crippen LogP contribution in [0.5, 0.6) is 0 Å². The lowest BCUT2D eigenvalue weighted by molar-refractivity contribution is 1.01. The molecule has 5 nitrogen and oxygen atoms in total. The smallest absolute Gasteiger partial charge is 0.0969 e. The minimum atomic E-state index is 0.791. The Hall–Kier alpha value is -6.07. The minimum Gasteiger partial charge on any atom is -0.286 e. The largest absolute Gasteiger partial charge is 0.286 e. The average Bonchev–Trinajstić information content (AvgIpc) is 3.37. The number of benzene rings is 4. The molecule has 0 bridgehead atoms. The first kappa shape index (κ1) is 29.3. The first-order chi connectivity index (χ1) is 23.7. The molecule has 2 aliphatic heterocycles. The van der Waals surface area contributed by atoms with E-state index in [4.69, 9.17) is 20.0 Å². The molecule has 0 radical (unpaired) electrons. The van der Waals surface area contributed by atoms with E-state index in [1.54, 1.807) is 13.1 Å². The SMILES string of the molecule is C=C/C=C\C(=NC)c1ccc2cc(-c3ccc4c(c3)CC=CC(c3ccc5ccc6c(c5n3)N=C(c3ccccc3)CC6)=N4)ccc2n1. The van der Waals surface area contributed by atoms with Gasteiger partial charge in [-0.3, -0.25) is 9.98 Å². The number of hydrogen-bond acceptors (Lipinski definition) is 5. The van der Waals surface area contributed by atoms with Gasteiger partial charge < -0.3 is 0 Å². The second-order valence-corrected chi connectivity index (χ2v) is 12.0. The standard InChI is InChI=1S/C43H33N5/c1-3-4-12-38(44-2)40-25-20-34-27-32(19-23-37(34)46-40)31-18-22-36-33(26-31)11-8-13-39(45-36)41-24-17-30-15-14-29-16-21-35(28-9-6-5-7-10-28)47-42(29)43(30)48-41/h3-10,12-15,17-20,22-27H,1,11,16,21H2,2H3/b12-4-,44-38?. The molecule has 2 aliphatic rings. The highest BCUT2D eigenvalue weighted by Gasteiger charge is 2.18. The number of fused-ring (bicyclic) bond motifs is 5. The summed E-state index contributed by atoms with van der Waals surface area (Å²) in [5.41, 5.74) is 14.2. The number of hydrogen-bond donors (Lipinski definition) is 0. The van der Waals surface area contributed by atoms with Crippen molar-refractivity contribution in [2.24, 2.45) is 15.0 Å². The summed E-state index contributed by atoms with van der Waals surface area (Å²) >= 11 is 0. The summed E-state index contributed by atoms with van der Waals surface area (Å²) in [7, 11) is 1.78. The van der Waals surface area contributed by atoms with Crippen LogP contribution in [-0.4, -0.2) is 34.2 Å². The molecule has 0 N–H and O–H groups in total. The van der Waals surface area contributed by atoms with Gasteiger partial charge in [0.15, 0.2) is 0 Å². The third-order valence-electron chi connectivity index (χ3n) is 9.02. The highest BCUT2D eigenvalue weighted by Crippen LogP contribution is 2.35. The zero-order valence-corrected chi connectivity index (χ0v) is 26.8. The lowest BCUT2D eigenvalue weighted by Gasteiger charge is -2.17. The molecule has 0 saturated heterocycles. The minimum absolute atomic E-state index is 0.791. The molecule has 6 aromatic rings. The van der Waals surface area contributed by atoms with E-state index in [0.717, 1.165) is 92.1 Å². The van der Waals surface area contributed by atoms with Crippen LogP contribution in [0.2, 0.25) is 0 Å². The van der Waals surface area contributed by atoms with Crippen molar-refractivity contribution in [3.8, 4) is 11.1 Å². The number of allylic oxidation sites excluding steroid dienone is 5. The third-order valence-corrected chi connectivity index (χ3v) is 9.02. The van der Waals surface area contributed by atoms with Crippen molar-refractivity contribution in [2.75, 3.05) is 7.05 Å². The topological polar surface area (TPSA) is 62.9 Å². The summed E-state index contributed by atoms with van der Waals surface area (Å²) in [6.45, 7) is 3.75. The van der Waals surface area contributed by atoms with Gasteiger partial charge >= 0.3 is 0 Å². The monoisotopic (exact) mass is 619 g/mol. The molecule has 0 fully saturated rings. The van der Waals surface area contributed by atoms with E-state index in [2.05, 4.69) is 115 Å². The van der Waals surface area contributed by atoms with Crippen LogP contribution in [0.15, 0.2) is 155 Å². The Morgan fingerprint density at radius 2 is 1.58 bits per heavy atom. The molecule has 8 rings (SSSR count). The molecule has 4 aromatic carbocycles.